The van der Waals surface area contributed by atoms with Crippen LogP contribution in [0, 0.1) is 0 Å². The summed E-state index contributed by atoms with van der Waals surface area (Å²) < 4.78 is 49.4. The van der Waals surface area contributed by atoms with Crippen molar-refractivity contribution in [3.63, 3.8) is 0 Å². The Morgan fingerprint density at radius 1 is 0.972 bits per heavy atom. The van der Waals surface area contributed by atoms with E-state index in [-0.39, 0.29) is 18.4 Å². The average molecular weight is 507 g/mol. The highest BCUT2D eigenvalue weighted by molar-refractivity contribution is 5.98. The van der Waals surface area contributed by atoms with E-state index in [0.717, 1.165) is 50.2 Å². The Kier molecular flexibility index (Phi) is 8.15. The molecule has 7 nitrogen and oxygen atoms in total. The number of hydrogen-bond donors (Lipinski definition) is 2. The molecule has 0 saturated carbocycles. The Bertz CT molecular complexity index is 1070. The molecule has 2 aliphatic rings. The minimum atomic E-state index is -4.48. The molecule has 2 atom stereocenters. The van der Waals surface area contributed by atoms with Gasteiger partial charge in [0, 0.05) is 24.9 Å². The minimum absolute atomic E-state index is 0.112. The van der Waals surface area contributed by atoms with Crippen LogP contribution in [0.15, 0.2) is 42.5 Å². The van der Waals surface area contributed by atoms with E-state index in [1.54, 1.807) is 18.2 Å². The predicted molar refractivity (Wildman–Crippen MR) is 125 cm³/mol. The minimum Gasteiger partial charge on any atom is -0.486 e. The molecule has 36 heavy (non-hydrogen) atoms. The van der Waals surface area contributed by atoms with Gasteiger partial charge in [-0.25, -0.2) is 0 Å². The van der Waals surface area contributed by atoms with Gasteiger partial charge in [0.1, 0.15) is 19.3 Å². The standard InChI is InChI=1S/C26H29F3N2O5/c27-26(28,29)19-6-3-17(4-7-19)21(32)8-10-24(33)30-20(16-31-11-1-2-12-31)25(34)18-5-9-22-23(15-18)36-14-13-35-22/h3-7,9,15,20,25,34H,1-2,8,10-14,16H2,(H,30,33)/t20-,25+/m1/s1. The number of benzene rings is 2. The van der Waals surface area contributed by atoms with Crippen molar-refractivity contribution in [1.29, 1.82) is 0 Å². The Balaban J connectivity index is 1.39. The fraction of sp³-hybridized carbons (Fsp3) is 0.462. The number of nitrogens with one attached hydrogen (secondary N) is 1. The van der Waals surface area contributed by atoms with E-state index in [2.05, 4.69) is 10.2 Å². The molecule has 2 N–H and O–H groups in total. The van der Waals surface area contributed by atoms with Crippen LogP contribution in [0.3, 0.4) is 0 Å². The molecule has 4 rings (SSSR count). The van der Waals surface area contributed by atoms with E-state index < -0.39 is 35.6 Å². The summed E-state index contributed by atoms with van der Waals surface area (Å²) in [6.07, 6.45) is -3.72. The van der Waals surface area contributed by atoms with Crippen LogP contribution in [0.4, 0.5) is 13.2 Å². The first-order valence-corrected chi connectivity index (χ1v) is 12.0. The van der Waals surface area contributed by atoms with Crippen molar-refractivity contribution < 1.29 is 37.3 Å². The monoisotopic (exact) mass is 506 g/mol. The van der Waals surface area contributed by atoms with Gasteiger partial charge in [0.15, 0.2) is 17.3 Å². The topological polar surface area (TPSA) is 88.1 Å². The molecule has 0 spiro atoms. The summed E-state index contributed by atoms with van der Waals surface area (Å²) in [4.78, 5) is 27.3. The fourth-order valence-corrected chi connectivity index (χ4v) is 4.44. The largest absolute Gasteiger partial charge is 0.486 e. The summed E-state index contributed by atoms with van der Waals surface area (Å²) in [5.41, 5.74) is -0.153. The molecular weight excluding hydrogens is 477 g/mol. The van der Waals surface area contributed by atoms with Crippen LogP contribution in [-0.4, -0.2) is 60.6 Å². The zero-order valence-electron chi connectivity index (χ0n) is 19.7. The summed E-state index contributed by atoms with van der Waals surface area (Å²) in [5, 5.41) is 14.0. The maximum absolute atomic E-state index is 12.7. The van der Waals surface area contributed by atoms with Crippen molar-refractivity contribution in [3.8, 4) is 11.5 Å². The van der Waals surface area contributed by atoms with Crippen LogP contribution in [0.2, 0.25) is 0 Å². The third-order valence-corrected chi connectivity index (χ3v) is 6.40. The highest BCUT2D eigenvalue weighted by Gasteiger charge is 2.31. The molecular formula is C26H29F3N2O5. The van der Waals surface area contributed by atoms with Crippen LogP contribution < -0.4 is 14.8 Å². The lowest BCUT2D eigenvalue weighted by Crippen LogP contribution is -2.46. The van der Waals surface area contributed by atoms with Gasteiger partial charge in [-0.1, -0.05) is 18.2 Å². The molecule has 0 bridgehead atoms. The number of likely N-dealkylation sites (tertiary alicyclic amines) is 1. The quantitative estimate of drug-likeness (QED) is 0.504. The van der Waals surface area contributed by atoms with E-state index in [9.17, 15) is 27.9 Å². The Labute approximate surface area is 207 Å². The molecule has 2 aromatic rings. The molecule has 2 aliphatic heterocycles. The van der Waals surface area contributed by atoms with E-state index in [1.165, 1.54) is 0 Å². The second-order valence-electron chi connectivity index (χ2n) is 9.03. The van der Waals surface area contributed by atoms with Gasteiger partial charge in [-0.3, -0.25) is 9.59 Å². The number of hydrogen-bond acceptors (Lipinski definition) is 6. The lowest BCUT2D eigenvalue weighted by molar-refractivity contribution is -0.137. The normalized spacial score (nSPS) is 17.4. The van der Waals surface area contributed by atoms with Gasteiger partial charge in [-0.2, -0.15) is 13.2 Å². The number of nitrogens with zero attached hydrogens (tertiary/aromatic N) is 1. The zero-order chi connectivity index (χ0) is 25.7. The average Bonchev–Trinajstić information content (AvgIpc) is 3.39. The first-order valence-electron chi connectivity index (χ1n) is 12.0. The van der Waals surface area contributed by atoms with Gasteiger partial charge in [0.2, 0.25) is 5.91 Å². The third-order valence-electron chi connectivity index (χ3n) is 6.40. The molecule has 194 valence electrons. The zero-order valence-corrected chi connectivity index (χ0v) is 19.7. The number of fused-ring (bicyclic) bond motifs is 1. The molecule has 10 heteroatoms. The maximum atomic E-state index is 12.7. The van der Waals surface area contributed by atoms with Crippen molar-refractivity contribution in [2.75, 3.05) is 32.8 Å². The van der Waals surface area contributed by atoms with Gasteiger partial charge >= 0.3 is 6.18 Å². The van der Waals surface area contributed by atoms with Crippen LogP contribution >= 0.6 is 0 Å². The highest BCUT2D eigenvalue weighted by atomic mass is 19.4. The predicted octanol–water partition coefficient (Wildman–Crippen LogP) is 3.75. The first-order chi connectivity index (χ1) is 17.2. The van der Waals surface area contributed by atoms with Gasteiger partial charge < -0.3 is 24.8 Å². The summed E-state index contributed by atoms with van der Waals surface area (Å²) in [5.74, 6) is 0.281. The number of alkyl halides is 3. The number of amides is 1. The highest BCUT2D eigenvalue weighted by Crippen LogP contribution is 2.34. The Morgan fingerprint density at radius 3 is 2.31 bits per heavy atom. The second-order valence-corrected chi connectivity index (χ2v) is 9.03. The Hall–Kier alpha value is -3.11. The number of ether oxygens (including phenoxy) is 2. The number of aliphatic hydroxyl groups excluding tert-OH is 1. The molecule has 1 fully saturated rings. The maximum Gasteiger partial charge on any atom is 0.416 e. The van der Waals surface area contributed by atoms with Crippen LogP contribution in [0.1, 0.15) is 53.3 Å². The number of carbonyl (C=O) groups excluding carboxylic acids is 2. The number of aliphatic hydroxyl groups is 1. The van der Waals surface area contributed by atoms with Crippen LogP contribution in [0.25, 0.3) is 0 Å². The van der Waals surface area contributed by atoms with Gasteiger partial charge in [0.05, 0.1) is 11.6 Å². The third kappa shape index (κ3) is 6.55. The molecule has 1 saturated heterocycles. The van der Waals surface area contributed by atoms with E-state index in [1.807, 2.05) is 0 Å². The summed E-state index contributed by atoms with van der Waals surface area (Å²) >= 11 is 0. The number of halogens is 3. The molecule has 1 amide bonds. The molecule has 2 aromatic carbocycles. The van der Waals surface area contributed by atoms with Crippen molar-refractivity contribution in [2.45, 2.75) is 44.0 Å². The number of carbonyl (C=O) groups is 2. The van der Waals surface area contributed by atoms with Crippen molar-refractivity contribution >= 4 is 11.7 Å². The lowest BCUT2D eigenvalue weighted by Gasteiger charge is -2.29. The lowest BCUT2D eigenvalue weighted by atomic mass is 10.00. The van der Waals surface area contributed by atoms with Crippen molar-refractivity contribution in [1.82, 2.24) is 10.2 Å². The van der Waals surface area contributed by atoms with E-state index >= 15 is 0 Å². The van der Waals surface area contributed by atoms with E-state index in [4.69, 9.17) is 9.47 Å². The molecule has 0 unspecified atom stereocenters. The number of rotatable bonds is 9. The summed E-state index contributed by atoms with van der Waals surface area (Å²) in [7, 11) is 0. The van der Waals surface area contributed by atoms with Gasteiger partial charge in [-0.15, -0.1) is 0 Å². The molecule has 0 aliphatic carbocycles. The first kappa shape index (κ1) is 26.0. The van der Waals surface area contributed by atoms with Crippen LogP contribution in [0.5, 0.6) is 11.5 Å². The molecule has 0 aromatic heterocycles. The fourth-order valence-electron chi connectivity index (χ4n) is 4.44. The van der Waals surface area contributed by atoms with Crippen molar-refractivity contribution in [2.24, 2.45) is 0 Å². The second kappa shape index (κ2) is 11.3. The SMILES string of the molecule is O=C(CCC(=O)c1ccc(C(F)(F)F)cc1)N[C@H](CN1CCCC1)[C@@H](O)c1ccc2c(c1)OCCO2. The molecule has 2 heterocycles. The van der Waals surface area contributed by atoms with E-state index in [0.29, 0.717) is 36.8 Å². The Morgan fingerprint density at radius 2 is 1.64 bits per heavy atom. The summed E-state index contributed by atoms with van der Waals surface area (Å²) in [6, 6.07) is 8.47. The van der Waals surface area contributed by atoms with Crippen molar-refractivity contribution in [3.05, 3.63) is 59.2 Å². The molecule has 0 radical (unpaired) electrons. The van der Waals surface area contributed by atoms with Gasteiger partial charge in [-0.05, 0) is 55.8 Å². The van der Waals surface area contributed by atoms with Gasteiger partial charge in [0.25, 0.3) is 0 Å². The number of ketones is 1. The smallest absolute Gasteiger partial charge is 0.416 e. The summed E-state index contributed by atoms with van der Waals surface area (Å²) in [6.45, 7) is 3.04. The number of Topliss-reactive ketones (excluding diaryl/α,β-unsaturated/α-hetero) is 1. The van der Waals surface area contributed by atoms with Crippen LogP contribution in [-0.2, 0) is 11.0 Å².